The fourth-order valence-electron chi connectivity index (χ4n) is 3.01. The van der Waals surface area contributed by atoms with Crippen molar-refractivity contribution in [1.29, 1.82) is 0 Å². The van der Waals surface area contributed by atoms with Gasteiger partial charge < -0.3 is 15.4 Å². The third-order valence-corrected chi connectivity index (χ3v) is 4.17. The van der Waals surface area contributed by atoms with E-state index in [4.69, 9.17) is 4.74 Å². The first kappa shape index (κ1) is 17.5. The summed E-state index contributed by atoms with van der Waals surface area (Å²) in [5, 5.41) is 6.33. The number of aryl methyl sites for hydroxylation is 1. The zero-order chi connectivity index (χ0) is 16.7. The highest BCUT2D eigenvalue weighted by Crippen LogP contribution is 2.22. The highest BCUT2D eigenvalue weighted by atomic mass is 16.5. The van der Waals surface area contributed by atoms with Crippen LogP contribution in [0.1, 0.15) is 49.8 Å². The van der Waals surface area contributed by atoms with Crippen LogP contribution >= 0.6 is 0 Å². The van der Waals surface area contributed by atoms with Gasteiger partial charge in [0.05, 0.1) is 19.1 Å². The number of hydrogen-bond donors (Lipinski definition) is 2. The predicted molar refractivity (Wildman–Crippen MR) is 89.0 cm³/mol. The van der Waals surface area contributed by atoms with Gasteiger partial charge in [0.15, 0.2) is 0 Å². The molecular weight excluding hydrogens is 292 g/mol. The van der Waals surface area contributed by atoms with Crippen LogP contribution in [0.5, 0.6) is 0 Å². The van der Waals surface area contributed by atoms with Crippen molar-refractivity contribution in [3.05, 3.63) is 35.4 Å². The minimum Gasteiger partial charge on any atom is -0.466 e. The Balaban J connectivity index is 2.04. The lowest BCUT2D eigenvalue weighted by Crippen LogP contribution is -2.35. The van der Waals surface area contributed by atoms with E-state index in [1.165, 1.54) is 0 Å². The maximum Gasteiger partial charge on any atom is 0.308 e. The summed E-state index contributed by atoms with van der Waals surface area (Å²) in [5.41, 5.74) is 2.02. The summed E-state index contributed by atoms with van der Waals surface area (Å²) in [6.45, 7) is 5.09. The largest absolute Gasteiger partial charge is 0.466 e. The molecule has 1 aromatic rings. The van der Waals surface area contributed by atoms with Crippen molar-refractivity contribution in [2.45, 2.75) is 51.6 Å². The van der Waals surface area contributed by atoms with Crippen molar-refractivity contribution in [3.8, 4) is 0 Å². The molecule has 2 N–H and O–H groups in total. The van der Waals surface area contributed by atoms with Crippen LogP contribution in [0.15, 0.2) is 24.3 Å². The molecule has 126 valence electrons. The molecule has 2 atom stereocenters. The van der Waals surface area contributed by atoms with Gasteiger partial charge in [-0.05, 0) is 44.4 Å². The van der Waals surface area contributed by atoms with E-state index in [1.54, 1.807) is 6.92 Å². The van der Waals surface area contributed by atoms with E-state index >= 15 is 0 Å². The zero-order valence-electron chi connectivity index (χ0n) is 13.9. The second kappa shape index (κ2) is 8.67. The first-order chi connectivity index (χ1) is 11.1. The van der Waals surface area contributed by atoms with Crippen molar-refractivity contribution in [1.82, 2.24) is 10.6 Å². The summed E-state index contributed by atoms with van der Waals surface area (Å²) in [5.74, 6) is -0.318. The van der Waals surface area contributed by atoms with Crippen LogP contribution in [-0.2, 0) is 14.3 Å². The highest BCUT2D eigenvalue weighted by molar-refractivity contribution is 5.78. The van der Waals surface area contributed by atoms with Crippen molar-refractivity contribution in [2.24, 2.45) is 0 Å². The average molecular weight is 318 g/mol. The molecule has 1 amide bonds. The molecule has 0 radical (unpaired) electrons. The Bertz CT molecular complexity index is 539. The minimum atomic E-state index is -0.343. The van der Waals surface area contributed by atoms with Gasteiger partial charge >= 0.3 is 5.97 Å². The van der Waals surface area contributed by atoms with E-state index in [2.05, 4.69) is 10.6 Å². The first-order valence-corrected chi connectivity index (χ1v) is 8.34. The SMILES string of the molecule is CCOC(=O)CC(NC(=O)CC1CCCN1)c1ccccc1C. The van der Waals surface area contributed by atoms with Crippen molar-refractivity contribution in [2.75, 3.05) is 13.2 Å². The summed E-state index contributed by atoms with van der Waals surface area (Å²) in [7, 11) is 0. The van der Waals surface area contributed by atoms with Gasteiger partial charge in [-0.3, -0.25) is 9.59 Å². The van der Waals surface area contributed by atoms with Crippen LogP contribution < -0.4 is 10.6 Å². The van der Waals surface area contributed by atoms with Crippen LogP contribution in [0, 0.1) is 6.92 Å². The zero-order valence-corrected chi connectivity index (χ0v) is 13.9. The highest BCUT2D eigenvalue weighted by Gasteiger charge is 2.23. The average Bonchev–Trinajstić information content (AvgIpc) is 3.00. The summed E-state index contributed by atoms with van der Waals surface area (Å²) < 4.78 is 5.05. The molecule has 0 aromatic heterocycles. The topological polar surface area (TPSA) is 67.4 Å². The first-order valence-electron chi connectivity index (χ1n) is 8.34. The Labute approximate surface area is 137 Å². The molecule has 1 fully saturated rings. The molecule has 1 aliphatic heterocycles. The quantitative estimate of drug-likeness (QED) is 0.757. The van der Waals surface area contributed by atoms with Crippen molar-refractivity contribution >= 4 is 11.9 Å². The number of rotatable bonds is 7. The smallest absolute Gasteiger partial charge is 0.308 e. The number of carbonyl (C=O) groups is 2. The van der Waals surface area contributed by atoms with Gasteiger partial charge in [-0.15, -0.1) is 0 Å². The molecule has 1 saturated heterocycles. The van der Waals surface area contributed by atoms with Crippen LogP contribution in [-0.4, -0.2) is 31.1 Å². The fraction of sp³-hybridized carbons (Fsp3) is 0.556. The molecule has 1 heterocycles. The Morgan fingerprint density at radius 3 is 2.83 bits per heavy atom. The van der Waals surface area contributed by atoms with Crippen LogP contribution in [0.25, 0.3) is 0 Å². The van der Waals surface area contributed by atoms with Gasteiger partial charge in [0.2, 0.25) is 5.91 Å². The Morgan fingerprint density at radius 1 is 1.39 bits per heavy atom. The second-order valence-electron chi connectivity index (χ2n) is 5.98. The number of benzene rings is 1. The standard InChI is InChI=1S/C18H26N2O3/c1-3-23-18(22)12-16(15-9-5-4-7-13(15)2)20-17(21)11-14-8-6-10-19-14/h4-5,7,9,14,16,19H,3,6,8,10-12H2,1-2H3,(H,20,21). The molecule has 23 heavy (non-hydrogen) atoms. The molecular formula is C18H26N2O3. The summed E-state index contributed by atoms with van der Waals surface area (Å²) in [4.78, 5) is 24.2. The fourth-order valence-corrected chi connectivity index (χ4v) is 3.01. The number of nitrogens with one attached hydrogen (secondary N) is 2. The van der Waals surface area contributed by atoms with E-state index in [0.717, 1.165) is 30.5 Å². The molecule has 1 aliphatic rings. The third-order valence-electron chi connectivity index (χ3n) is 4.17. The van der Waals surface area contributed by atoms with Crippen molar-refractivity contribution in [3.63, 3.8) is 0 Å². The van der Waals surface area contributed by atoms with E-state index < -0.39 is 0 Å². The molecule has 0 saturated carbocycles. The Hall–Kier alpha value is -1.88. The van der Waals surface area contributed by atoms with Crippen molar-refractivity contribution < 1.29 is 14.3 Å². The van der Waals surface area contributed by atoms with Gasteiger partial charge in [-0.2, -0.15) is 0 Å². The molecule has 2 unspecified atom stereocenters. The lowest BCUT2D eigenvalue weighted by atomic mass is 9.98. The monoisotopic (exact) mass is 318 g/mol. The number of ether oxygens (including phenoxy) is 1. The van der Waals surface area contributed by atoms with Gasteiger partial charge in [0, 0.05) is 12.5 Å². The summed E-state index contributed by atoms with van der Waals surface area (Å²) in [6.07, 6.45) is 2.75. The number of esters is 1. The molecule has 0 aliphatic carbocycles. The molecule has 1 aromatic carbocycles. The molecule has 5 nitrogen and oxygen atoms in total. The molecule has 0 bridgehead atoms. The molecule has 0 spiro atoms. The van der Waals surface area contributed by atoms with Crippen LogP contribution in [0.4, 0.5) is 0 Å². The normalized spacial score (nSPS) is 18.4. The van der Waals surface area contributed by atoms with Gasteiger partial charge in [-0.25, -0.2) is 0 Å². The lowest BCUT2D eigenvalue weighted by molar-refractivity contribution is -0.143. The van der Waals surface area contributed by atoms with Gasteiger partial charge in [0.25, 0.3) is 0 Å². The predicted octanol–water partition coefficient (Wildman–Crippen LogP) is 2.25. The Morgan fingerprint density at radius 2 is 2.17 bits per heavy atom. The second-order valence-corrected chi connectivity index (χ2v) is 5.98. The van der Waals surface area contributed by atoms with Crippen LogP contribution in [0.2, 0.25) is 0 Å². The summed E-state index contributed by atoms with van der Waals surface area (Å²) in [6, 6.07) is 7.71. The van der Waals surface area contributed by atoms with E-state index in [0.29, 0.717) is 13.0 Å². The lowest BCUT2D eigenvalue weighted by Gasteiger charge is -2.21. The molecule has 2 rings (SSSR count). The van der Waals surface area contributed by atoms with Gasteiger partial charge in [0.1, 0.15) is 0 Å². The van der Waals surface area contributed by atoms with E-state index in [9.17, 15) is 9.59 Å². The van der Waals surface area contributed by atoms with E-state index in [-0.39, 0.29) is 30.4 Å². The number of carbonyl (C=O) groups excluding carboxylic acids is 2. The maximum absolute atomic E-state index is 12.3. The van der Waals surface area contributed by atoms with Crippen LogP contribution in [0.3, 0.4) is 0 Å². The maximum atomic E-state index is 12.3. The summed E-state index contributed by atoms with van der Waals surface area (Å²) >= 11 is 0. The molecule has 5 heteroatoms. The number of hydrogen-bond acceptors (Lipinski definition) is 4. The van der Waals surface area contributed by atoms with E-state index in [1.807, 2.05) is 31.2 Å². The third kappa shape index (κ3) is 5.36. The minimum absolute atomic E-state index is 0.0260. The van der Waals surface area contributed by atoms with Gasteiger partial charge in [-0.1, -0.05) is 24.3 Å². The Kier molecular flexibility index (Phi) is 6.59. The number of amides is 1.